The number of carboxylic acid groups (broad SMARTS) is 1. The Morgan fingerprint density at radius 3 is 2.11 bits per heavy atom. The van der Waals surface area contributed by atoms with Gasteiger partial charge in [-0.05, 0) is 20.8 Å². The highest BCUT2D eigenvalue weighted by Gasteiger charge is 2.58. The summed E-state index contributed by atoms with van der Waals surface area (Å²) >= 11 is 0. The van der Waals surface area contributed by atoms with Crippen molar-refractivity contribution in [3.8, 4) is 0 Å². The number of halogens is 3. The fourth-order valence-corrected chi connectivity index (χ4v) is 1.19. The monoisotopic (exact) mass is 282 g/mol. The normalized spacial score (nSPS) is 14.4. The minimum atomic E-state index is -5.10. The summed E-state index contributed by atoms with van der Waals surface area (Å²) in [5, 5.41) is 10.2. The SMILES string of the molecule is C=C(C)CN(CC)C(=O)NC(C)(C(=O)O)C(F)(F)F. The van der Waals surface area contributed by atoms with Crippen LogP contribution in [-0.2, 0) is 4.79 Å². The van der Waals surface area contributed by atoms with Gasteiger partial charge in [0.05, 0.1) is 0 Å². The summed E-state index contributed by atoms with van der Waals surface area (Å²) in [6.07, 6.45) is -5.10. The van der Waals surface area contributed by atoms with Crippen LogP contribution in [0.25, 0.3) is 0 Å². The number of hydrogen-bond acceptors (Lipinski definition) is 2. The number of hydrogen-bond donors (Lipinski definition) is 2. The zero-order chi connectivity index (χ0) is 15.4. The lowest BCUT2D eigenvalue weighted by atomic mass is 10.0. The molecule has 2 amide bonds. The Bertz CT molecular complexity index is 382. The summed E-state index contributed by atoms with van der Waals surface area (Å²) in [6.45, 7) is 7.30. The first kappa shape index (κ1) is 17.3. The predicted molar refractivity (Wildman–Crippen MR) is 62.7 cm³/mol. The van der Waals surface area contributed by atoms with E-state index in [4.69, 9.17) is 5.11 Å². The van der Waals surface area contributed by atoms with Crippen LogP contribution in [0.5, 0.6) is 0 Å². The van der Waals surface area contributed by atoms with Gasteiger partial charge in [-0.1, -0.05) is 12.2 Å². The quantitative estimate of drug-likeness (QED) is 0.758. The smallest absolute Gasteiger partial charge is 0.422 e. The summed E-state index contributed by atoms with van der Waals surface area (Å²) in [6, 6.07) is -1.10. The number of likely N-dealkylation sites (N-methyl/N-ethyl adjacent to an activating group) is 1. The molecule has 2 N–H and O–H groups in total. The van der Waals surface area contributed by atoms with Gasteiger partial charge in [0.2, 0.25) is 5.54 Å². The number of rotatable bonds is 5. The summed E-state index contributed by atoms with van der Waals surface area (Å²) in [7, 11) is 0. The number of urea groups is 1. The minimum Gasteiger partial charge on any atom is -0.479 e. The summed E-state index contributed by atoms with van der Waals surface area (Å²) in [5.41, 5.74) is -2.76. The largest absolute Gasteiger partial charge is 0.479 e. The molecule has 19 heavy (non-hydrogen) atoms. The average Bonchev–Trinajstić information content (AvgIpc) is 2.23. The Kier molecular flexibility index (Phi) is 5.40. The second-order valence-corrected chi connectivity index (χ2v) is 4.33. The first-order valence-electron chi connectivity index (χ1n) is 5.47. The standard InChI is InChI=1S/C11H17F3N2O3/c1-5-16(6-7(2)3)9(19)15-10(4,8(17)18)11(12,13)14/h2,5-6H2,1,3-4H3,(H,15,19)(H,17,18). The zero-order valence-electron chi connectivity index (χ0n) is 11.0. The van der Waals surface area contributed by atoms with E-state index in [0.717, 1.165) is 4.90 Å². The predicted octanol–water partition coefficient (Wildman–Crippen LogP) is 2.00. The third kappa shape index (κ3) is 4.15. The topological polar surface area (TPSA) is 69.6 Å². The maximum atomic E-state index is 12.7. The van der Waals surface area contributed by atoms with Crippen LogP contribution in [0.1, 0.15) is 20.8 Å². The molecule has 5 nitrogen and oxygen atoms in total. The first-order chi connectivity index (χ1) is 8.45. The van der Waals surface area contributed by atoms with Crippen molar-refractivity contribution in [2.45, 2.75) is 32.5 Å². The lowest BCUT2D eigenvalue weighted by Crippen LogP contribution is -2.64. The lowest BCUT2D eigenvalue weighted by Gasteiger charge is -2.31. The van der Waals surface area contributed by atoms with Gasteiger partial charge in [-0.15, -0.1) is 0 Å². The van der Waals surface area contributed by atoms with Gasteiger partial charge in [0.25, 0.3) is 0 Å². The van der Waals surface area contributed by atoms with Gasteiger partial charge in [0.15, 0.2) is 0 Å². The van der Waals surface area contributed by atoms with Crippen molar-refractivity contribution >= 4 is 12.0 Å². The molecule has 110 valence electrons. The van der Waals surface area contributed by atoms with Crippen molar-refractivity contribution in [1.82, 2.24) is 10.2 Å². The van der Waals surface area contributed by atoms with E-state index in [0.29, 0.717) is 12.5 Å². The fourth-order valence-electron chi connectivity index (χ4n) is 1.19. The Hall–Kier alpha value is -1.73. The van der Waals surface area contributed by atoms with E-state index < -0.39 is 23.7 Å². The summed E-state index contributed by atoms with van der Waals surface area (Å²) in [4.78, 5) is 23.5. The summed E-state index contributed by atoms with van der Waals surface area (Å²) < 4.78 is 38.1. The highest BCUT2D eigenvalue weighted by Crippen LogP contribution is 2.30. The van der Waals surface area contributed by atoms with E-state index in [2.05, 4.69) is 6.58 Å². The maximum Gasteiger partial charge on any atom is 0.422 e. The molecular formula is C11H17F3N2O3. The van der Waals surface area contributed by atoms with Crippen molar-refractivity contribution in [2.24, 2.45) is 0 Å². The van der Waals surface area contributed by atoms with Gasteiger partial charge in [-0.2, -0.15) is 13.2 Å². The molecule has 0 rings (SSSR count). The molecule has 0 saturated heterocycles. The third-order valence-electron chi connectivity index (χ3n) is 2.48. The zero-order valence-corrected chi connectivity index (χ0v) is 11.0. The molecule has 1 atom stereocenters. The fraction of sp³-hybridized carbons (Fsp3) is 0.636. The molecular weight excluding hydrogens is 265 g/mol. The molecule has 1 unspecified atom stereocenters. The number of carbonyl (C=O) groups excluding carboxylic acids is 1. The Balaban J connectivity index is 5.12. The molecule has 0 spiro atoms. The van der Waals surface area contributed by atoms with E-state index in [1.807, 2.05) is 0 Å². The molecule has 0 aromatic rings. The van der Waals surface area contributed by atoms with Crippen molar-refractivity contribution in [1.29, 1.82) is 0 Å². The van der Waals surface area contributed by atoms with Gasteiger partial charge in [0.1, 0.15) is 0 Å². The van der Waals surface area contributed by atoms with Crippen LogP contribution in [0.3, 0.4) is 0 Å². The molecule has 0 aliphatic rings. The minimum absolute atomic E-state index is 0.0515. The van der Waals surface area contributed by atoms with E-state index in [-0.39, 0.29) is 13.1 Å². The Morgan fingerprint density at radius 1 is 1.37 bits per heavy atom. The second kappa shape index (κ2) is 5.94. The van der Waals surface area contributed by atoms with Crippen LogP contribution >= 0.6 is 0 Å². The first-order valence-corrected chi connectivity index (χ1v) is 5.47. The van der Waals surface area contributed by atoms with Crippen molar-refractivity contribution in [2.75, 3.05) is 13.1 Å². The van der Waals surface area contributed by atoms with E-state index >= 15 is 0 Å². The van der Waals surface area contributed by atoms with Gasteiger partial charge in [-0.3, -0.25) is 0 Å². The number of amides is 2. The molecule has 0 bridgehead atoms. The Labute approximate surface area is 109 Å². The summed E-state index contributed by atoms with van der Waals surface area (Å²) in [5.74, 6) is -2.17. The number of alkyl halides is 3. The number of carboxylic acids is 1. The number of nitrogens with zero attached hydrogens (tertiary/aromatic N) is 1. The molecule has 0 aliphatic heterocycles. The number of nitrogens with one attached hydrogen (secondary N) is 1. The van der Waals surface area contributed by atoms with Gasteiger partial charge < -0.3 is 15.3 Å². The van der Waals surface area contributed by atoms with E-state index in [1.54, 1.807) is 13.8 Å². The Morgan fingerprint density at radius 2 is 1.84 bits per heavy atom. The van der Waals surface area contributed by atoms with Crippen LogP contribution in [0.4, 0.5) is 18.0 Å². The van der Waals surface area contributed by atoms with Gasteiger partial charge >= 0.3 is 18.2 Å². The highest BCUT2D eigenvalue weighted by atomic mass is 19.4. The maximum absolute atomic E-state index is 12.7. The average molecular weight is 282 g/mol. The highest BCUT2D eigenvalue weighted by molar-refractivity contribution is 5.86. The van der Waals surface area contributed by atoms with Crippen molar-refractivity contribution < 1.29 is 27.9 Å². The van der Waals surface area contributed by atoms with Crippen molar-refractivity contribution in [3.63, 3.8) is 0 Å². The van der Waals surface area contributed by atoms with Crippen LogP contribution in [-0.4, -0.2) is 46.8 Å². The molecule has 0 fully saturated rings. The molecule has 0 aromatic heterocycles. The lowest BCUT2D eigenvalue weighted by molar-refractivity contribution is -0.203. The second-order valence-electron chi connectivity index (χ2n) is 4.33. The van der Waals surface area contributed by atoms with Crippen LogP contribution in [0.15, 0.2) is 12.2 Å². The third-order valence-corrected chi connectivity index (χ3v) is 2.48. The van der Waals surface area contributed by atoms with Gasteiger partial charge in [-0.25, -0.2) is 9.59 Å². The molecule has 0 saturated carbocycles. The van der Waals surface area contributed by atoms with Gasteiger partial charge in [0, 0.05) is 13.1 Å². The van der Waals surface area contributed by atoms with E-state index in [1.165, 1.54) is 5.32 Å². The van der Waals surface area contributed by atoms with Crippen molar-refractivity contribution in [3.05, 3.63) is 12.2 Å². The molecule has 8 heteroatoms. The number of carbonyl (C=O) groups is 2. The molecule has 0 heterocycles. The van der Waals surface area contributed by atoms with Crippen LogP contribution in [0, 0.1) is 0 Å². The van der Waals surface area contributed by atoms with Crippen LogP contribution in [0.2, 0.25) is 0 Å². The number of aliphatic carboxylic acids is 1. The molecule has 0 aromatic carbocycles. The van der Waals surface area contributed by atoms with E-state index in [9.17, 15) is 22.8 Å². The van der Waals surface area contributed by atoms with Crippen LogP contribution < -0.4 is 5.32 Å². The molecule has 0 aliphatic carbocycles. The molecule has 0 radical (unpaired) electrons.